The molecular weight excluding hydrogens is 276 g/mol. The molecule has 1 saturated carbocycles. The molecule has 1 aromatic carbocycles. The molecule has 22 heavy (non-hydrogen) atoms. The third-order valence-electron chi connectivity index (χ3n) is 4.84. The monoisotopic (exact) mass is 298 g/mol. The van der Waals surface area contributed by atoms with E-state index in [1.165, 1.54) is 0 Å². The lowest BCUT2D eigenvalue weighted by molar-refractivity contribution is 0.0832. The zero-order valence-electron chi connectivity index (χ0n) is 13.1. The van der Waals surface area contributed by atoms with Gasteiger partial charge in [0.05, 0.1) is 17.7 Å². The van der Waals surface area contributed by atoms with Crippen LogP contribution in [0.4, 0.5) is 0 Å². The van der Waals surface area contributed by atoms with Crippen LogP contribution >= 0.6 is 0 Å². The van der Waals surface area contributed by atoms with Gasteiger partial charge in [0, 0.05) is 22.5 Å². The van der Waals surface area contributed by atoms with Crippen LogP contribution < -0.4 is 5.32 Å². The van der Waals surface area contributed by atoms with Crippen molar-refractivity contribution in [1.82, 2.24) is 10.3 Å². The standard InChI is InChI=1S/C18H22N2O2/c1-12-10-14(13-6-3-4-7-15(13)19-12)17(22)20-16-8-5-9-18(16,2)11-21/h3-4,6-7,10,16,21H,5,8-9,11H2,1-2H3,(H,20,22)/t16-,18-/m1/s1. The second kappa shape index (κ2) is 5.69. The highest BCUT2D eigenvalue weighted by molar-refractivity contribution is 6.06. The predicted molar refractivity (Wildman–Crippen MR) is 86.8 cm³/mol. The lowest BCUT2D eigenvalue weighted by atomic mass is 9.85. The third-order valence-corrected chi connectivity index (χ3v) is 4.84. The maximum absolute atomic E-state index is 12.8. The van der Waals surface area contributed by atoms with Gasteiger partial charge >= 0.3 is 0 Å². The van der Waals surface area contributed by atoms with Crippen LogP contribution in [0.3, 0.4) is 0 Å². The Bertz CT molecular complexity index is 713. The number of amides is 1. The average molecular weight is 298 g/mol. The SMILES string of the molecule is Cc1cc(C(=O)N[C@@H]2CCC[C@]2(C)CO)c2ccccc2n1. The van der Waals surface area contributed by atoms with Crippen molar-refractivity contribution in [3.05, 3.63) is 41.6 Å². The highest BCUT2D eigenvalue weighted by Gasteiger charge is 2.39. The molecule has 2 aromatic rings. The van der Waals surface area contributed by atoms with E-state index in [-0.39, 0.29) is 24.0 Å². The van der Waals surface area contributed by atoms with Crippen LogP contribution in [0.1, 0.15) is 42.2 Å². The summed E-state index contributed by atoms with van der Waals surface area (Å²) in [6, 6.07) is 9.56. The Hall–Kier alpha value is -1.94. The zero-order valence-corrected chi connectivity index (χ0v) is 13.1. The van der Waals surface area contributed by atoms with Crippen molar-refractivity contribution in [1.29, 1.82) is 0 Å². The van der Waals surface area contributed by atoms with Crippen LogP contribution in [0.2, 0.25) is 0 Å². The topological polar surface area (TPSA) is 62.2 Å². The molecule has 0 spiro atoms. The Morgan fingerprint density at radius 2 is 2.23 bits per heavy atom. The van der Waals surface area contributed by atoms with E-state index in [9.17, 15) is 9.90 Å². The van der Waals surface area contributed by atoms with Crippen molar-refractivity contribution in [2.45, 2.75) is 39.2 Å². The first-order valence-corrected chi connectivity index (χ1v) is 7.81. The Morgan fingerprint density at radius 1 is 1.45 bits per heavy atom. The van der Waals surface area contributed by atoms with Crippen LogP contribution in [-0.2, 0) is 0 Å². The summed E-state index contributed by atoms with van der Waals surface area (Å²) in [6.07, 6.45) is 2.91. The first-order valence-electron chi connectivity index (χ1n) is 7.81. The van der Waals surface area contributed by atoms with Gasteiger partial charge in [-0.1, -0.05) is 31.5 Å². The van der Waals surface area contributed by atoms with Gasteiger partial charge in [0.15, 0.2) is 0 Å². The minimum absolute atomic E-state index is 0.0252. The molecule has 1 fully saturated rings. The number of aromatic nitrogens is 1. The number of rotatable bonds is 3. The summed E-state index contributed by atoms with van der Waals surface area (Å²) in [5, 5.41) is 13.6. The van der Waals surface area contributed by atoms with E-state index in [1.54, 1.807) is 0 Å². The van der Waals surface area contributed by atoms with Crippen LogP contribution in [-0.4, -0.2) is 28.6 Å². The lowest BCUT2D eigenvalue weighted by Crippen LogP contribution is -2.44. The number of pyridine rings is 1. The molecule has 1 aliphatic rings. The molecule has 1 heterocycles. The molecule has 4 nitrogen and oxygen atoms in total. The fourth-order valence-electron chi connectivity index (χ4n) is 3.40. The zero-order chi connectivity index (χ0) is 15.7. The number of nitrogens with one attached hydrogen (secondary N) is 1. The predicted octanol–water partition coefficient (Wildman–Crippen LogP) is 2.82. The molecule has 0 saturated heterocycles. The molecular formula is C18H22N2O2. The van der Waals surface area contributed by atoms with Gasteiger partial charge in [-0.15, -0.1) is 0 Å². The third kappa shape index (κ3) is 2.59. The van der Waals surface area contributed by atoms with Crippen LogP contribution in [0.5, 0.6) is 0 Å². The molecule has 1 aromatic heterocycles. The van der Waals surface area contributed by atoms with Crippen molar-refractivity contribution in [3.8, 4) is 0 Å². The Kier molecular flexibility index (Phi) is 3.87. The molecule has 3 rings (SSSR count). The first kappa shape index (κ1) is 15.0. The van der Waals surface area contributed by atoms with Gasteiger partial charge in [0.2, 0.25) is 0 Å². The highest BCUT2D eigenvalue weighted by Crippen LogP contribution is 2.37. The molecule has 1 amide bonds. The number of carbonyl (C=O) groups is 1. The number of hydrogen-bond acceptors (Lipinski definition) is 3. The molecule has 0 bridgehead atoms. The fraction of sp³-hybridized carbons (Fsp3) is 0.444. The minimum atomic E-state index is -0.215. The number of carbonyl (C=O) groups excluding carboxylic acids is 1. The van der Waals surface area contributed by atoms with Crippen molar-refractivity contribution in [3.63, 3.8) is 0 Å². The number of aryl methyl sites for hydroxylation is 1. The summed E-state index contributed by atoms with van der Waals surface area (Å²) in [5.74, 6) is -0.0757. The number of para-hydroxylation sites is 1. The number of fused-ring (bicyclic) bond motifs is 1. The number of nitrogens with zero attached hydrogens (tertiary/aromatic N) is 1. The maximum atomic E-state index is 12.8. The van der Waals surface area contributed by atoms with E-state index in [0.717, 1.165) is 35.9 Å². The van der Waals surface area contributed by atoms with Crippen molar-refractivity contribution < 1.29 is 9.90 Å². The van der Waals surface area contributed by atoms with Crippen LogP contribution in [0, 0.1) is 12.3 Å². The van der Waals surface area contributed by atoms with Crippen molar-refractivity contribution >= 4 is 16.8 Å². The minimum Gasteiger partial charge on any atom is -0.396 e. The van der Waals surface area contributed by atoms with Crippen molar-refractivity contribution in [2.75, 3.05) is 6.61 Å². The molecule has 1 aliphatic carbocycles. The van der Waals surface area contributed by atoms with Gasteiger partial charge in [-0.25, -0.2) is 0 Å². The first-order chi connectivity index (χ1) is 10.5. The summed E-state index contributed by atoms with van der Waals surface area (Å²) in [7, 11) is 0. The van der Waals surface area contributed by atoms with Crippen molar-refractivity contribution in [2.24, 2.45) is 5.41 Å². The summed E-state index contributed by atoms with van der Waals surface area (Å²) >= 11 is 0. The van der Waals surface area contributed by atoms with E-state index in [1.807, 2.05) is 44.2 Å². The second-order valence-corrected chi connectivity index (χ2v) is 6.56. The summed E-state index contributed by atoms with van der Waals surface area (Å²) in [6.45, 7) is 4.05. The van der Waals surface area contributed by atoms with Gasteiger partial charge in [-0.3, -0.25) is 9.78 Å². The summed E-state index contributed by atoms with van der Waals surface area (Å²) in [5.41, 5.74) is 2.12. The molecule has 0 aliphatic heterocycles. The van der Waals surface area contributed by atoms with E-state index in [0.29, 0.717) is 5.56 Å². The van der Waals surface area contributed by atoms with E-state index in [2.05, 4.69) is 10.3 Å². The fourth-order valence-corrected chi connectivity index (χ4v) is 3.40. The Labute approximate surface area is 130 Å². The van der Waals surface area contributed by atoms with Gasteiger partial charge < -0.3 is 10.4 Å². The molecule has 0 radical (unpaired) electrons. The molecule has 4 heteroatoms. The Morgan fingerprint density at radius 3 is 3.00 bits per heavy atom. The number of aliphatic hydroxyl groups is 1. The normalized spacial score (nSPS) is 24.6. The molecule has 116 valence electrons. The second-order valence-electron chi connectivity index (χ2n) is 6.56. The largest absolute Gasteiger partial charge is 0.396 e. The molecule has 0 unspecified atom stereocenters. The van der Waals surface area contributed by atoms with Crippen LogP contribution in [0.25, 0.3) is 10.9 Å². The summed E-state index contributed by atoms with van der Waals surface area (Å²) in [4.78, 5) is 17.2. The van der Waals surface area contributed by atoms with E-state index >= 15 is 0 Å². The number of benzene rings is 1. The maximum Gasteiger partial charge on any atom is 0.252 e. The molecule has 2 N–H and O–H groups in total. The van der Waals surface area contributed by atoms with E-state index < -0.39 is 0 Å². The Balaban J connectivity index is 1.93. The average Bonchev–Trinajstić information content (AvgIpc) is 2.88. The lowest BCUT2D eigenvalue weighted by Gasteiger charge is -2.30. The van der Waals surface area contributed by atoms with Gasteiger partial charge in [-0.05, 0) is 31.9 Å². The summed E-state index contributed by atoms with van der Waals surface area (Å²) < 4.78 is 0. The molecule has 2 atom stereocenters. The number of aliphatic hydroxyl groups excluding tert-OH is 1. The van der Waals surface area contributed by atoms with Gasteiger partial charge in [-0.2, -0.15) is 0 Å². The smallest absolute Gasteiger partial charge is 0.252 e. The number of hydrogen-bond donors (Lipinski definition) is 2. The highest BCUT2D eigenvalue weighted by atomic mass is 16.3. The van der Waals surface area contributed by atoms with E-state index in [4.69, 9.17) is 0 Å². The quantitative estimate of drug-likeness (QED) is 0.916. The van der Waals surface area contributed by atoms with Gasteiger partial charge in [0.25, 0.3) is 5.91 Å². The van der Waals surface area contributed by atoms with Crippen LogP contribution in [0.15, 0.2) is 30.3 Å². The van der Waals surface area contributed by atoms with Gasteiger partial charge in [0.1, 0.15) is 0 Å².